The number of halogens is 1. The first-order valence-corrected chi connectivity index (χ1v) is 8.87. The van der Waals surface area contributed by atoms with Gasteiger partial charge in [0.15, 0.2) is 5.78 Å². The summed E-state index contributed by atoms with van der Waals surface area (Å²) in [6.07, 6.45) is 4.15. The Labute approximate surface area is 136 Å². The Kier molecular flexibility index (Phi) is 3.05. The number of ketones is 2. The molecule has 3 saturated carbocycles. The van der Waals surface area contributed by atoms with Crippen molar-refractivity contribution in [2.75, 3.05) is 0 Å². The van der Waals surface area contributed by atoms with Crippen molar-refractivity contribution in [2.24, 2.45) is 22.7 Å². The smallest absolute Gasteiger partial charge is 0.155 e. The van der Waals surface area contributed by atoms with Gasteiger partial charge in [0.2, 0.25) is 0 Å². The fourth-order valence-corrected chi connectivity index (χ4v) is 6.34. The topological polar surface area (TPSA) is 54.4 Å². The van der Waals surface area contributed by atoms with Crippen molar-refractivity contribution in [3.63, 3.8) is 0 Å². The Morgan fingerprint density at radius 2 is 1.83 bits per heavy atom. The number of rotatable bonds is 0. The average molecular weight is 320 g/mol. The van der Waals surface area contributed by atoms with Crippen molar-refractivity contribution in [3.8, 4) is 0 Å². The lowest BCUT2D eigenvalue weighted by atomic mass is 9.45. The zero-order chi connectivity index (χ0) is 16.6. The van der Waals surface area contributed by atoms with Crippen LogP contribution in [0.15, 0.2) is 11.6 Å². The molecule has 6 atom stereocenters. The van der Waals surface area contributed by atoms with E-state index < -0.39 is 22.6 Å². The average Bonchev–Trinajstić information content (AvgIpc) is 2.77. The van der Waals surface area contributed by atoms with E-state index in [9.17, 15) is 14.7 Å². The van der Waals surface area contributed by atoms with Crippen molar-refractivity contribution in [3.05, 3.63) is 11.6 Å². The maximum atomic E-state index is 16.5. The van der Waals surface area contributed by atoms with Gasteiger partial charge in [-0.05, 0) is 44.1 Å². The minimum Gasteiger partial charge on any atom is -0.390 e. The number of allylic oxidation sites excluding steroid dienone is 1. The first-order valence-electron chi connectivity index (χ1n) is 8.87. The lowest BCUT2D eigenvalue weighted by Gasteiger charge is -2.62. The summed E-state index contributed by atoms with van der Waals surface area (Å²) in [6, 6.07) is 0. The lowest BCUT2D eigenvalue weighted by Crippen LogP contribution is -2.67. The van der Waals surface area contributed by atoms with Crippen LogP contribution in [-0.4, -0.2) is 28.4 Å². The molecule has 0 aromatic rings. The van der Waals surface area contributed by atoms with Crippen LogP contribution in [-0.2, 0) is 9.59 Å². The highest BCUT2D eigenvalue weighted by atomic mass is 19.1. The van der Waals surface area contributed by atoms with Gasteiger partial charge < -0.3 is 5.11 Å². The number of fused-ring (bicyclic) bond motifs is 5. The molecular weight excluding hydrogens is 295 g/mol. The molecule has 4 rings (SSSR count). The molecule has 0 unspecified atom stereocenters. The third-order valence-corrected chi connectivity index (χ3v) is 7.75. The molecule has 3 fully saturated rings. The van der Waals surface area contributed by atoms with Crippen LogP contribution in [0.5, 0.6) is 0 Å². The highest BCUT2D eigenvalue weighted by molar-refractivity contribution is 5.92. The minimum absolute atomic E-state index is 0.0272. The molecule has 0 saturated heterocycles. The van der Waals surface area contributed by atoms with E-state index in [1.165, 1.54) is 0 Å². The number of aliphatic hydroxyl groups is 1. The second-order valence-corrected chi connectivity index (χ2v) is 8.59. The van der Waals surface area contributed by atoms with Gasteiger partial charge in [-0.25, -0.2) is 4.39 Å². The number of carbonyl (C=O) groups excluding carboxylic acids is 2. The summed E-state index contributed by atoms with van der Waals surface area (Å²) in [7, 11) is 0. The number of hydrogen-bond donors (Lipinski definition) is 1. The Hall–Kier alpha value is -1.03. The first kappa shape index (κ1) is 15.5. The number of aliphatic hydroxyl groups excluding tert-OH is 1. The fraction of sp³-hybridized carbons (Fsp3) is 0.789. The fourth-order valence-electron chi connectivity index (χ4n) is 6.34. The van der Waals surface area contributed by atoms with Crippen LogP contribution in [0.4, 0.5) is 4.39 Å². The summed E-state index contributed by atoms with van der Waals surface area (Å²) >= 11 is 0. The Morgan fingerprint density at radius 3 is 2.57 bits per heavy atom. The van der Waals surface area contributed by atoms with Crippen LogP contribution in [0.1, 0.15) is 58.8 Å². The molecule has 4 heteroatoms. The maximum Gasteiger partial charge on any atom is 0.155 e. The highest BCUT2D eigenvalue weighted by Gasteiger charge is 2.70. The van der Waals surface area contributed by atoms with Crippen molar-refractivity contribution in [2.45, 2.75) is 70.6 Å². The normalized spacial score (nSPS) is 52.5. The van der Waals surface area contributed by atoms with E-state index in [0.29, 0.717) is 32.1 Å². The van der Waals surface area contributed by atoms with Crippen molar-refractivity contribution >= 4 is 11.6 Å². The van der Waals surface area contributed by atoms with Crippen LogP contribution >= 0.6 is 0 Å². The molecule has 23 heavy (non-hydrogen) atoms. The number of Topliss-reactive ketones (excluding diaryl/α,β-unsaturated/α-hetero) is 1. The van der Waals surface area contributed by atoms with E-state index >= 15 is 4.39 Å². The summed E-state index contributed by atoms with van der Waals surface area (Å²) < 4.78 is 16.5. The predicted molar refractivity (Wildman–Crippen MR) is 83.5 cm³/mol. The van der Waals surface area contributed by atoms with E-state index in [2.05, 4.69) is 0 Å². The second kappa shape index (κ2) is 4.53. The van der Waals surface area contributed by atoms with Gasteiger partial charge in [0.25, 0.3) is 0 Å². The third-order valence-electron chi connectivity index (χ3n) is 7.75. The Balaban J connectivity index is 1.83. The first-order chi connectivity index (χ1) is 10.7. The van der Waals surface area contributed by atoms with Crippen LogP contribution in [0, 0.1) is 22.7 Å². The molecule has 4 aliphatic carbocycles. The van der Waals surface area contributed by atoms with Gasteiger partial charge in [-0.1, -0.05) is 19.4 Å². The molecule has 0 heterocycles. The lowest BCUT2D eigenvalue weighted by molar-refractivity contribution is -0.202. The predicted octanol–water partition coefficient (Wildman–Crippen LogP) is 3.15. The molecule has 3 nitrogen and oxygen atoms in total. The summed E-state index contributed by atoms with van der Waals surface area (Å²) in [5.74, 6) is 0.0112. The summed E-state index contributed by atoms with van der Waals surface area (Å²) in [4.78, 5) is 24.1. The molecular formula is C19H25FO3. The van der Waals surface area contributed by atoms with Crippen LogP contribution < -0.4 is 0 Å². The summed E-state index contributed by atoms with van der Waals surface area (Å²) in [5.41, 5.74) is -2.18. The van der Waals surface area contributed by atoms with Gasteiger partial charge in [-0.2, -0.15) is 0 Å². The van der Waals surface area contributed by atoms with Gasteiger partial charge in [0.05, 0.1) is 6.10 Å². The summed E-state index contributed by atoms with van der Waals surface area (Å²) in [6.45, 7) is 3.81. The number of alkyl halides is 1. The van der Waals surface area contributed by atoms with Crippen LogP contribution in [0.3, 0.4) is 0 Å². The van der Waals surface area contributed by atoms with Crippen molar-refractivity contribution in [1.29, 1.82) is 0 Å². The zero-order valence-electron chi connectivity index (χ0n) is 13.9. The quantitative estimate of drug-likeness (QED) is 0.746. The van der Waals surface area contributed by atoms with Gasteiger partial charge in [-0.15, -0.1) is 0 Å². The second-order valence-electron chi connectivity index (χ2n) is 8.59. The minimum atomic E-state index is -1.72. The molecule has 0 amide bonds. The van der Waals surface area contributed by atoms with Gasteiger partial charge in [0, 0.05) is 29.6 Å². The number of carbonyl (C=O) groups is 2. The zero-order valence-corrected chi connectivity index (χ0v) is 13.9. The van der Waals surface area contributed by atoms with Crippen molar-refractivity contribution in [1.82, 2.24) is 0 Å². The standard InChI is InChI=1S/C19H25FO3/c1-17-10-16(23)19(20)14(13(17)5-6-15(17)22)4-3-11-9-12(21)7-8-18(11,19)2/h9,13-14,16,23H,3-8,10H2,1-2H3/t13-,14-,16+,17-,18+,19-/m1/s1. The van der Waals surface area contributed by atoms with Gasteiger partial charge in [0.1, 0.15) is 11.5 Å². The molecule has 0 aromatic heterocycles. The van der Waals surface area contributed by atoms with Crippen LogP contribution in [0.25, 0.3) is 0 Å². The molecule has 0 bridgehead atoms. The monoisotopic (exact) mass is 320 g/mol. The van der Waals surface area contributed by atoms with E-state index in [4.69, 9.17) is 0 Å². The van der Waals surface area contributed by atoms with Crippen molar-refractivity contribution < 1.29 is 19.1 Å². The molecule has 0 spiro atoms. The molecule has 0 aromatic carbocycles. The Morgan fingerprint density at radius 1 is 1.13 bits per heavy atom. The SMILES string of the molecule is C[C@@]12C[C@H](O)[C@]3(F)[C@H](CCC4=CC(=O)CC[C@@]43C)[C@H]1CCC2=O. The molecule has 4 aliphatic rings. The van der Waals surface area contributed by atoms with Gasteiger partial charge in [-0.3, -0.25) is 9.59 Å². The summed E-state index contributed by atoms with van der Waals surface area (Å²) in [5, 5.41) is 10.8. The molecule has 0 aliphatic heterocycles. The van der Waals surface area contributed by atoms with Crippen LogP contribution in [0.2, 0.25) is 0 Å². The highest BCUT2D eigenvalue weighted by Crippen LogP contribution is 2.67. The third kappa shape index (κ3) is 1.68. The number of hydrogen-bond acceptors (Lipinski definition) is 3. The maximum absolute atomic E-state index is 16.5. The van der Waals surface area contributed by atoms with E-state index in [1.807, 2.05) is 13.8 Å². The Bertz CT molecular complexity index is 626. The van der Waals surface area contributed by atoms with E-state index in [1.54, 1.807) is 6.08 Å². The molecule has 1 N–H and O–H groups in total. The molecule has 126 valence electrons. The van der Waals surface area contributed by atoms with E-state index in [-0.39, 0.29) is 29.8 Å². The van der Waals surface area contributed by atoms with Gasteiger partial charge >= 0.3 is 0 Å². The van der Waals surface area contributed by atoms with E-state index in [0.717, 1.165) is 12.0 Å². The largest absolute Gasteiger partial charge is 0.390 e. The molecule has 0 radical (unpaired) electrons.